The highest BCUT2D eigenvalue weighted by atomic mass is 32.2. The van der Waals surface area contributed by atoms with E-state index in [1.165, 1.54) is 24.3 Å². The number of halogens is 1. The van der Waals surface area contributed by atoms with Gasteiger partial charge < -0.3 is 10.4 Å². The van der Waals surface area contributed by atoms with Crippen molar-refractivity contribution in [3.63, 3.8) is 0 Å². The van der Waals surface area contributed by atoms with Gasteiger partial charge in [-0.25, -0.2) is 9.07 Å². The van der Waals surface area contributed by atoms with E-state index in [-0.39, 0.29) is 23.4 Å². The van der Waals surface area contributed by atoms with E-state index in [4.69, 9.17) is 5.11 Å². The van der Waals surface area contributed by atoms with Crippen LogP contribution in [0.5, 0.6) is 0 Å². The van der Waals surface area contributed by atoms with Crippen molar-refractivity contribution in [2.45, 2.75) is 11.7 Å². The number of thioether (sulfide) groups is 1. The Morgan fingerprint density at radius 2 is 2.05 bits per heavy atom. The molecule has 2 rings (SSSR count). The van der Waals surface area contributed by atoms with Crippen LogP contribution in [0.4, 0.5) is 10.1 Å². The number of amides is 1. The van der Waals surface area contributed by atoms with E-state index in [2.05, 4.69) is 20.8 Å². The number of rotatable bonds is 6. The predicted octanol–water partition coefficient (Wildman–Crippen LogP) is 0.628. The lowest BCUT2D eigenvalue weighted by atomic mass is 10.3. The van der Waals surface area contributed by atoms with Gasteiger partial charge in [0, 0.05) is 5.69 Å². The van der Waals surface area contributed by atoms with Gasteiger partial charge in [0.25, 0.3) is 0 Å². The van der Waals surface area contributed by atoms with E-state index in [9.17, 15) is 14.0 Å². The molecule has 110 valence electrons. The average molecular weight is 311 g/mol. The van der Waals surface area contributed by atoms with Crippen LogP contribution in [0.25, 0.3) is 0 Å². The van der Waals surface area contributed by atoms with Gasteiger partial charge in [-0.3, -0.25) is 9.59 Å². The molecule has 0 unspecified atom stereocenters. The first kappa shape index (κ1) is 14.9. The molecular weight excluding hydrogens is 301 g/mol. The highest BCUT2D eigenvalue weighted by molar-refractivity contribution is 7.99. The van der Waals surface area contributed by atoms with Crippen molar-refractivity contribution in [2.24, 2.45) is 0 Å². The van der Waals surface area contributed by atoms with Gasteiger partial charge in [-0.15, -0.1) is 5.10 Å². The second-order valence-corrected chi connectivity index (χ2v) is 4.80. The van der Waals surface area contributed by atoms with Crippen LogP contribution in [0, 0.1) is 5.82 Å². The molecule has 8 nitrogen and oxygen atoms in total. The molecule has 0 atom stereocenters. The molecule has 2 N–H and O–H groups in total. The van der Waals surface area contributed by atoms with Crippen molar-refractivity contribution >= 4 is 29.3 Å². The number of anilines is 1. The van der Waals surface area contributed by atoms with Crippen LogP contribution in [0.15, 0.2) is 29.4 Å². The molecule has 21 heavy (non-hydrogen) atoms. The minimum atomic E-state index is -1.08. The van der Waals surface area contributed by atoms with Gasteiger partial charge in [-0.1, -0.05) is 11.8 Å². The number of nitrogens with zero attached hydrogens (tertiary/aromatic N) is 4. The zero-order valence-electron chi connectivity index (χ0n) is 10.6. The third-order valence-corrected chi connectivity index (χ3v) is 3.20. The van der Waals surface area contributed by atoms with E-state index in [1.54, 1.807) is 0 Å². The lowest BCUT2D eigenvalue weighted by Crippen LogP contribution is -2.16. The minimum Gasteiger partial charge on any atom is -0.480 e. The molecule has 1 amide bonds. The van der Waals surface area contributed by atoms with Gasteiger partial charge in [0.15, 0.2) is 0 Å². The predicted molar refractivity (Wildman–Crippen MR) is 71.2 cm³/mol. The monoisotopic (exact) mass is 311 g/mol. The summed E-state index contributed by atoms with van der Waals surface area (Å²) in [6.07, 6.45) is 0. The van der Waals surface area contributed by atoms with Crippen molar-refractivity contribution in [3.05, 3.63) is 30.1 Å². The second-order valence-electron chi connectivity index (χ2n) is 3.86. The fourth-order valence-corrected chi connectivity index (χ4v) is 2.06. The van der Waals surface area contributed by atoms with Gasteiger partial charge >= 0.3 is 5.97 Å². The van der Waals surface area contributed by atoms with E-state index in [0.717, 1.165) is 16.4 Å². The minimum absolute atomic E-state index is 0.00261. The SMILES string of the molecule is O=C(O)Cn1nnnc1SCC(=O)Nc1ccc(F)cc1. The van der Waals surface area contributed by atoms with Crippen LogP contribution in [0.3, 0.4) is 0 Å². The quantitative estimate of drug-likeness (QED) is 0.753. The molecule has 1 aromatic carbocycles. The van der Waals surface area contributed by atoms with E-state index < -0.39 is 11.8 Å². The number of aromatic nitrogens is 4. The molecule has 0 radical (unpaired) electrons. The Morgan fingerprint density at radius 3 is 2.71 bits per heavy atom. The summed E-state index contributed by atoms with van der Waals surface area (Å²) in [4.78, 5) is 22.3. The lowest BCUT2D eigenvalue weighted by Gasteiger charge is -2.04. The summed E-state index contributed by atoms with van der Waals surface area (Å²) in [7, 11) is 0. The number of tetrazole rings is 1. The Bertz CT molecular complexity index is 646. The fourth-order valence-electron chi connectivity index (χ4n) is 1.39. The van der Waals surface area contributed by atoms with E-state index >= 15 is 0 Å². The molecule has 0 spiro atoms. The Kier molecular flexibility index (Phi) is 4.82. The maximum absolute atomic E-state index is 12.7. The Hall–Kier alpha value is -2.49. The molecule has 0 saturated heterocycles. The van der Waals surface area contributed by atoms with Crippen molar-refractivity contribution in [2.75, 3.05) is 11.1 Å². The molecular formula is C11H10FN5O3S. The number of hydrogen-bond donors (Lipinski definition) is 2. The summed E-state index contributed by atoms with van der Waals surface area (Å²) in [5, 5.41) is 22.0. The molecule has 1 heterocycles. The first-order valence-corrected chi connectivity index (χ1v) is 6.69. The number of aliphatic carboxylic acids is 1. The number of carboxylic acids is 1. The van der Waals surface area contributed by atoms with Crippen molar-refractivity contribution in [3.8, 4) is 0 Å². The molecule has 0 saturated carbocycles. The van der Waals surface area contributed by atoms with Crippen LogP contribution in [0.2, 0.25) is 0 Å². The van der Waals surface area contributed by atoms with Gasteiger partial charge in [0.2, 0.25) is 11.1 Å². The third kappa shape index (κ3) is 4.53. The summed E-state index contributed by atoms with van der Waals surface area (Å²) in [5.74, 6) is -1.82. The molecule has 0 aliphatic heterocycles. The van der Waals surface area contributed by atoms with Gasteiger partial charge in [-0.05, 0) is 34.7 Å². The molecule has 0 aliphatic carbocycles. The number of carboxylic acid groups (broad SMARTS) is 1. The first-order chi connectivity index (χ1) is 10.0. The van der Waals surface area contributed by atoms with Crippen LogP contribution in [-0.4, -0.2) is 42.9 Å². The fraction of sp³-hybridized carbons (Fsp3) is 0.182. The Balaban J connectivity index is 1.88. The summed E-state index contributed by atoms with van der Waals surface area (Å²) in [5.41, 5.74) is 0.465. The summed E-state index contributed by atoms with van der Waals surface area (Å²) < 4.78 is 13.8. The molecule has 0 bridgehead atoms. The standard InChI is InChI=1S/C11H10FN5O3S/c12-7-1-3-8(4-2-7)13-9(18)6-21-11-14-15-16-17(11)5-10(19)20/h1-4H,5-6H2,(H,13,18)(H,19,20). The highest BCUT2D eigenvalue weighted by Gasteiger charge is 2.12. The average Bonchev–Trinajstić information content (AvgIpc) is 2.85. The lowest BCUT2D eigenvalue weighted by molar-refractivity contribution is -0.138. The van der Waals surface area contributed by atoms with Gasteiger partial charge in [0.05, 0.1) is 5.75 Å². The second kappa shape index (κ2) is 6.79. The maximum Gasteiger partial charge on any atom is 0.325 e. The molecule has 0 aliphatic rings. The zero-order valence-corrected chi connectivity index (χ0v) is 11.4. The normalized spacial score (nSPS) is 10.3. The highest BCUT2D eigenvalue weighted by Crippen LogP contribution is 2.14. The van der Waals surface area contributed by atoms with Crippen molar-refractivity contribution < 1.29 is 19.1 Å². The number of nitrogens with one attached hydrogen (secondary N) is 1. The van der Waals surface area contributed by atoms with Crippen LogP contribution in [-0.2, 0) is 16.1 Å². The molecule has 0 fully saturated rings. The van der Waals surface area contributed by atoms with Gasteiger partial charge in [0.1, 0.15) is 12.4 Å². The van der Waals surface area contributed by atoms with Crippen LogP contribution < -0.4 is 5.32 Å². The molecule has 10 heteroatoms. The number of carbonyl (C=O) groups excluding carboxylic acids is 1. The van der Waals surface area contributed by atoms with Crippen molar-refractivity contribution in [1.29, 1.82) is 0 Å². The smallest absolute Gasteiger partial charge is 0.325 e. The maximum atomic E-state index is 12.7. The summed E-state index contributed by atoms with van der Waals surface area (Å²) >= 11 is 1.00. The number of carbonyl (C=O) groups is 2. The summed E-state index contributed by atoms with van der Waals surface area (Å²) in [6, 6.07) is 5.34. The Labute approximate surface area is 122 Å². The van der Waals surface area contributed by atoms with Gasteiger partial charge in [-0.2, -0.15) is 0 Å². The topological polar surface area (TPSA) is 110 Å². The number of hydrogen-bond acceptors (Lipinski definition) is 6. The summed E-state index contributed by atoms with van der Waals surface area (Å²) in [6.45, 7) is -0.380. The third-order valence-electron chi connectivity index (χ3n) is 2.24. The van der Waals surface area contributed by atoms with Crippen molar-refractivity contribution in [1.82, 2.24) is 20.2 Å². The molecule has 1 aromatic heterocycles. The first-order valence-electron chi connectivity index (χ1n) is 5.71. The largest absolute Gasteiger partial charge is 0.480 e. The molecule has 2 aromatic rings. The van der Waals surface area contributed by atoms with E-state index in [0.29, 0.717) is 5.69 Å². The zero-order chi connectivity index (χ0) is 15.2. The van der Waals surface area contributed by atoms with Crippen LogP contribution >= 0.6 is 11.8 Å². The Morgan fingerprint density at radius 1 is 1.33 bits per heavy atom. The van der Waals surface area contributed by atoms with Crippen LogP contribution in [0.1, 0.15) is 0 Å². The van der Waals surface area contributed by atoms with E-state index in [1.807, 2.05) is 0 Å². The number of benzene rings is 1.